The molecule has 0 aromatic carbocycles. The number of rotatable bonds is 7. The summed E-state index contributed by atoms with van der Waals surface area (Å²) < 4.78 is 0. The van der Waals surface area contributed by atoms with E-state index in [0.29, 0.717) is 0 Å². The smallest absolute Gasteiger partial charge is 0.185 e. The molecule has 1 aromatic rings. The third-order valence-corrected chi connectivity index (χ3v) is 4.63. The second kappa shape index (κ2) is 7.10. The van der Waals surface area contributed by atoms with Crippen molar-refractivity contribution in [3.63, 3.8) is 0 Å². The van der Waals surface area contributed by atoms with E-state index in [1.54, 1.807) is 0 Å². The molecular formula is C14H25N3S. The van der Waals surface area contributed by atoms with Crippen molar-refractivity contribution in [3.8, 4) is 0 Å². The second-order valence-corrected chi connectivity index (χ2v) is 6.01. The van der Waals surface area contributed by atoms with Crippen molar-refractivity contribution in [1.29, 1.82) is 0 Å². The van der Waals surface area contributed by atoms with Gasteiger partial charge in [-0.15, -0.1) is 11.3 Å². The predicted octanol–water partition coefficient (Wildman–Crippen LogP) is 3.20. The van der Waals surface area contributed by atoms with E-state index in [4.69, 9.17) is 4.98 Å². The molecule has 0 aliphatic carbocycles. The largest absolute Gasteiger partial charge is 0.348 e. The summed E-state index contributed by atoms with van der Waals surface area (Å²) >= 11 is 1.89. The van der Waals surface area contributed by atoms with E-state index < -0.39 is 0 Å². The highest BCUT2D eigenvalue weighted by Crippen LogP contribution is 2.29. The van der Waals surface area contributed by atoms with E-state index >= 15 is 0 Å². The highest BCUT2D eigenvalue weighted by molar-refractivity contribution is 7.15. The highest BCUT2D eigenvalue weighted by Gasteiger charge is 2.18. The number of unbranched alkanes of at least 4 members (excludes halogenated alkanes) is 1. The molecule has 1 N–H and O–H groups in total. The summed E-state index contributed by atoms with van der Waals surface area (Å²) in [6.45, 7) is 8.94. The van der Waals surface area contributed by atoms with Crippen molar-refractivity contribution >= 4 is 16.5 Å². The summed E-state index contributed by atoms with van der Waals surface area (Å²) in [5.41, 5.74) is 1.30. The van der Waals surface area contributed by atoms with Gasteiger partial charge in [0.2, 0.25) is 0 Å². The van der Waals surface area contributed by atoms with Crippen molar-refractivity contribution in [1.82, 2.24) is 10.3 Å². The Labute approximate surface area is 115 Å². The molecule has 1 saturated heterocycles. The minimum Gasteiger partial charge on any atom is -0.348 e. The summed E-state index contributed by atoms with van der Waals surface area (Å²) in [7, 11) is 0. The highest BCUT2D eigenvalue weighted by atomic mass is 32.1. The monoisotopic (exact) mass is 267 g/mol. The number of nitrogens with zero attached hydrogens (tertiary/aromatic N) is 2. The van der Waals surface area contributed by atoms with Crippen LogP contribution >= 0.6 is 11.3 Å². The Hall–Kier alpha value is -0.610. The molecule has 1 aliphatic rings. The third-order valence-electron chi connectivity index (χ3n) is 3.47. The molecule has 1 aliphatic heterocycles. The van der Waals surface area contributed by atoms with Gasteiger partial charge in [0.15, 0.2) is 5.13 Å². The maximum Gasteiger partial charge on any atom is 0.185 e. The number of hydrogen-bond acceptors (Lipinski definition) is 4. The van der Waals surface area contributed by atoms with Crippen LogP contribution in [0.1, 0.15) is 50.1 Å². The molecule has 2 rings (SSSR count). The standard InChI is InChI=1S/C14H25N3S/c1-3-5-8-15-11-13-12(4-2)16-14(18-13)17-9-6-7-10-17/h15H,3-11H2,1-2H3. The van der Waals surface area contributed by atoms with Crippen LogP contribution in [0.5, 0.6) is 0 Å². The number of hydrogen-bond donors (Lipinski definition) is 1. The Morgan fingerprint density at radius 2 is 2.06 bits per heavy atom. The minimum absolute atomic E-state index is 0.995. The van der Waals surface area contributed by atoms with Crippen molar-refractivity contribution in [2.24, 2.45) is 0 Å². The molecule has 2 heterocycles. The average Bonchev–Trinajstić information content (AvgIpc) is 3.03. The molecule has 0 radical (unpaired) electrons. The van der Waals surface area contributed by atoms with Crippen molar-refractivity contribution in [2.45, 2.75) is 52.5 Å². The summed E-state index contributed by atoms with van der Waals surface area (Å²) in [6, 6.07) is 0. The zero-order valence-corrected chi connectivity index (χ0v) is 12.5. The Balaban J connectivity index is 1.95. The molecule has 0 amide bonds. The van der Waals surface area contributed by atoms with E-state index in [9.17, 15) is 0 Å². The zero-order chi connectivity index (χ0) is 12.8. The van der Waals surface area contributed by atoms with Crippen molar-refractivity contribution in [2.75, 3.05) is 24.5 Å². The second-order valence-electron chi connectivity index (χ2n) is 4.94. The number of aromatic nitrogens is 1. The lowest BCUT2D eigenvalue weighted by molar-refractivity contribution is 0.642. The Kier molecular flexibility index (Phi) is 5.45. The topological polar surface area (TPSA) is 28.2 Å². The van der Waals surface area contributed by atoms with Crippen LogP contribution in [0.25, 0.3) is 0 Å². The summed E-state index contributed by atoms with van der Waals surface area (Å²) in [5.74, 6) is 0. The van der Waals surface area contributed by atoms with E-state index in [1.807, 2.05) is 11.3 Å². The van der Waals surface area contributed by atoms with Gasteiger partial charge in [0.05, 0.1) is 5.69 Å². The van der Waals surface area contributed by atoms with Gasteiger partial charge < -0.3 is 10.2 Å². The lowest BCUT2D eigenvalue weighted by Gasteiger charge is -2.12. The van der Waals surface area contributed by atoms with Gasteiger partial charge in [0.1, 0.15) is 0 Å². The van der Waals surface area contributed by atoms with Crippen LogP contribution < -0.4 is 10.2 Å². The first kappa shape index (κ1) is 13.8. The van der Waals surface area contributed by atoms with Gasteiger partial charge >= 0.3 is 0 Å². The van der Waals surface area contributed by atoms with Crippen LogP contribution in [0.15, 0.2) is 0 Å². The first-order valence-corrected chi connectivity index (χ1v) is 8.11. The normalized spacial score (nSPS) is 15.6. The Morgan fingerprint density at radius 1 is 1.28 bits per heavy atom. The van der Waals surface area contributed by atoms with Crippen LogP contribution in [0.4, 0.5) is 5.13 Å². The van der Waals surface area contributed by atoms with Crippen molar-refractivity contribution < 1.29 is 0 Å². The molecule has 0 spiro atoms. The quantitative estimate of drug-likeness (QED) is 0.769. The lowest BCUT2D eigenvalue weighted by Crippen LogP contribution is -2.17. The van der Waals surface area contributed by atoms with Gasteiger partial charge in [-0.25, -0.2) is 4.98 Å². The maximum absolute atomic E-state index is 4.81. The zero-order valence-electron chi connectivity index (χ0n) is 11.7. The number of nitrogens with one attached hydrogen (secondary N) is 1. The molecule has 1 aromatic heterocycles. The molecule has 0 saturated carbocycles. The van der Waals surface area contributed by atoms with Crippen LogP contribution in [0, 0.1) is 0 Å². The predicted molar refractivity (Wildman–Crippen MR) is 79.6 cm³/mol. The van der Waals surface area contributed by atoms with Crippen molar-refractivity contribution in [3.05, 3.63) is 10.6 Å². The lowest BCUT2D eigenvalue weighted by atomic mass is 10.3. The fraction of sp³-hybridized carbons (Fsp3) is 0.786. The van der Waals surface area contributed by atoms with Gasteiger partial charge in [0.25, 0.3) is 0 Å². The molecule has 0 bridgehead atoms. The maximum atomic E-state index is 4.81. The summed E-state index contributed by atoms with van der Waals surface area (Å²) in [5, 5.41) is 4.78. The fourth-order valence-corrected chi connectivity index (χ4v) is 3.50. The average molecular weight is 267 g/mol. The van der Waals surface area contributed by atoms with E-state index in [1.165, 1.54) is 54.5 Å². The van der Waals surface area contributed by atoms with E-state index in [0.717, 1.165) is 19.5 Å². The SMILES string of the molecule is CCCCNCc1sc(N2CCCC2)nc1CC. The van der Waals surface area contributed by atoms with Gasteiger partial charge in [0, 0.05) is 24.5 Å². The van der Waals surface area contributed by atoms with E-state index in [-0.39, 0.29) is 0 Å². The van der Waals surface area contributed by atoms with Gasteiger partial charge in [-0.3, -0.25) is 0 Å². The molecule has 0 unspecified atom stereocenters. The summed E-state index contributed by atoms with van der Waals surface area (Å²) in [4.78, 5) is 8.70. The molecule has 3 nitrogen and oxygen atoms in total. The van der Waals surface area contributed by atoms with Crippen LogP contribution in [-0.2, 0) is 13.0 Å². The van der Waals surface area contributed by atoms with Crippen LogP contribution in [0.3, 0.4) is 0 Å². The molecule has 1 fully saturated rings. The third kappa shape index (κ3) is 3.45. The number of thiazole rings is 1. The van der Waals surface area contributed by atoms with Gasteiger partial charge in [-0.1, -0.05) is 20.3 Å². The van der Waals surface area contributed by atoms with E-state index in [2.05, 4.69) is 24.1 Å². The Morgan fingerprint density at radius 3 is 2.72 bits per heavy atom. The first-order valence-electron chi connectivity index (χ1n) is 7.29. The first-order chi connectivity index (χ1) is 8.85. The molecule has 4 heteroatoms. The summed E-state index contributed by atoms with van der Waals surface area (Å²) in [6.07, 6.45) is 6.22. The van der Waals surface area contributed by atoms with Crippen LogP contribution in [0.2, 0.25) is 0 Å². The fourth-order valence-electron chi connectivity index (χ4n) is 2.33. The number of anilines is 1. The van der Waals surface area contributed by atoms with Gasteiger partial charge in [-0.2, -0.15) is 0 Å². The molecule has 102 valence electrons. The Bertz CT molecular complexity index is 356. The minimum atomic E-state index is 0.995. The molecule has 0 atom stereocenters. The van der Waals surface area contributed by atoms with Gasteiger partial charge in [-0.05, 0) is 32.2 Å². The molecular weight excluding hydrogens is 242 g/mol. The van der Waals surface area contributed by atoms with Crippen LogP contribution in [-0.4, -0.2) is 24.6 Å². The molecule has 18 heavy (non-hydrogen) atoms. The number of aryl methyl sites for hydroxylation is 1.